The van der Waals surface area contributed by atoms with Crippen LogP contribution in [0.2, 0.25) is 0 Å². The Balaban J connectivity index is 2.13. The lowest BCUT2D eigenvalue weighted by Crippen LogP contribution is -2.22. The van der Waals surface area contributed by atoms with Crippen molar-refractivity contribution in [1.29, 1.82) is 0 Å². The topological polar surface area (TPSA) is 57.8 Å². The third-order valence-electron chi connectivity index (χ3n) is 3.78. The zero-order valence-electron chi connectivity index (χ0n) is 10.4. The molecule has 0 unspecified atom stereocenters. The Morgan fingerprint density at radius 1 is 1.16 bits per heavy atom. The highest BCUT2D eigenvalue weighted by molar-refractivity contribution is 6.15. The highest BCUT2D eigenvalue weighted by Crippen LogP contribution is 2.30. The second-order valence-corrected chi connectivity index (χ2v) is 4.92. The summed E-state index contributed by atoms with van der Waals surface area (Å²) in [5, 5.41) is 6.17. The number of carbonyl (C=O) groups excluding carboxylic acids is 1. The number of amides is 1. The Labute approximate surface area is 109 Å². The van der Waals surface area contributed by atoms with E-state index in [1.54, 1.807) is 6.20 Å². The Bertz CT molecular complexity index is 804. The van der Waals surface area contributed by atoms with Gasteiger partial charge in [0.1, 0.15) is 0 Å². The second kappa shape index (κ2) is 3.82. The van der Waals surface area contributed by atoms with Crippen molar-refractivity contribution in [1.82, 2.24) is 15.3 Å². The van der Waals surface area contributed by atoms with E-state index in [9.17, 15) is 4.79 Å². The van der Waals surface area contributed by atoms with Gasteiger partial charge in [0, 0.05) is 40.8 Å². The molecule has 1 aliphatic heterocycles. The van der Waals surface area contributed by atoms with Gasteiger partial charge in [-0.1, -0.05) is 12.1 Å². The van der Waals surface area contributed by atoms with E-state index in [0.29, 0.717) is 0 Å². The highest BCUT2D eigenvalue weighted by Gasteiger charge is 2.21. The van der Waals surface area contributed by atoms with Crippen LogP contribution in [0.4, 0.5) is 0 Å². The minimum absolute atomic E-state index is 0.0344. The fraction of sp³-hybridized carbons (Fsp3) is 0.200. The van der Waals surface area contributed by atoms with Gasteiger partial charge in [0.25, 0.3) is 5.91 Å². The quantitative estimate of drug-likeness (QED) is 0.644. The molecule has 1 aromatic carbocycles. The summed E-state index contributed by atoms with van der Waals surface area (Å²) in [5.74, 6) is 0.0344. The van der Waals surface area contributed by atoms with Gasteiger partial charge >= 0.3 is 0 Å². The first-order valence-corrected chi connectivity index (χ1v) is 6.50. The molecule has 0 spiro atoms. The van der Waals surface area contributed by atoms with Gasteiger partial charge in [0.2, 0.25) is 0 Å². The molecule has 4 rings (SSSR count). The van der Waals surface area contributed by atoms with Gasteiger partial charge in [-0.05, 0) is 18.9 Å². The Kier molecular flexibility index (Phi) is 2.12. The van der Waals surface area contributed by atoms with Crippen molar-refractivity contribution in [2.45, 2.75) is 12.8 Å². The van der Waals surface area contributed by atoms with Crippen LogP contribution in [0.25, 0.3) is 21.7 Å². The molecule has 94 valence electrons. The van der Waals surface area contributed by atoms with Crippen molar-refractivity contribution in [3.8, 4) is 0 Å². The van der Waals surface area contributed by atoms with Gasteiger partial charge in [-0.3, -0.25) is 9.78 Å². The number of hydrogen-bond donors (Lipinski definition) is 2. The van der Waals surface area contributed by atoms with E-state index in [1.165, 1.54) is 0 Å². The van der Waals surface area contributed by atoms with E-state index in [4.69, 9.17) is 0 Å². The van der Waals surface area contributed by atoms with Crippen molar-refractivity contribution in [2.24, 2.45) is 0 Å². The van der Waals surface area contributed by atoms with E-state index in [-0.39, 0.29) is 5.91 Å². The maximum atomic E-state index is 12.2. The number of aryl methyl sites for hydroxylation is 1. The van der Waals surface area contributed by atoms with Crippen LogP contribution < -0.4 is 5.32 Å². The summed E-state index contributed by atoms with van der Waals surface area (Å²) >= 11 is 0. The number of nitrogens with one attached hydrogen (secondary N) is 2. The summed E-state index contributed by atoms with van der Waals surface area (Å²) in [6, 6.07) is 6.03. The van der Waals surface area contributed by atoms with Crippen LogP contribution in [0.1, 0.15) is 22.5 Å². The van der Waals surface area contributed by atoms with Gasteiger partial charge in [-0.15, -0.1) is 0 Å². The number of H-pyrrole nitrogens is 1. The predicted octanol–water partition coefficient (Wildman–Crippen LogP) is 2.39. The summed E-state index contributed by atoms with van der Waals surface area (Å²) in [7, 11) is 0. The SMILES string of the molecule is O=C1NCCCc2[nH]c3c(ccc4cnccc43)c21. The van der Waals surface area contributed by atoms with Crippen LogP contribution in [0, 0.1) is 0 Å². The third-order valence-corrected chi connectivity index (χ3v) is 3.78. The van der Waals surface area contributed by atoms with Gasteiger partial charge in [0.15, 0.2) is 0 Å². The van der Waals surface area contributed by atoms with E-state index >= 15 is 0 Å². The van der Waals surface area contributed by atoms with Crippen LogP contribution in [0.15, 0.2) is 30.6 Å². The van der Waals surface area contributed by atoms with Crippen molar-refractivity contribution < 1.29 is 4.79 Å². The number of benzene rings is 1. The number of hydrogen-bond acceptors (Lipinski definition) is 2. The molecule has 0 saturated carbocycles. The predicted molar refractivity (Wildman–Crippen MR) is 74.3 cm³/mol. The summed E-state index contributed by atoms with van der Waals surface area (Å²) in [6.07, 6.45) is 5.52. The number of pyridine rings is 1. The molecule has 1 amide bonds. The van der Waals surface area contributed by atoms with Gasteiger partial charge in [0.05, 0.1) is 11.1 Å². The van der Waals surface area contributed by atoms with Crippen LogP contribution in [-0.4, -0.2) is 22.4 Å². The van der Waals surface area contributed by atoms with Crippen molar-refractivity contribution in [3.05, 3.63) is 41.9 Å². The summed E-state index contributed by atoms with van der Waals surface area (Å²) < 4.78 is 0. The third kappa shape index (κ3) is 1.46. The maximum Gasteiger partial charge on any atom is 0.253 e. The number of aromatic nitrogens is 2. The lowest BCUT2D eigenvalue weighted by Gasteiger charge is -2.01. The molecule has 2 aromatic heterocycles. The molecule has 0 atom stereocenters. The zero-order chi connectivity index (χ0) is 12.8. The fourth-order valence-electron chi connectivity index (χ4n) is 2.89. The molecule has 4 heteroatoms. The zero-order valence-corrected chi connectivity index (χ0v) is 10.4. The molecule has 19 heavy (non-hydrogen) atoms. The summed E-state index contributed by atoms with van der Waals surface area (Å²) in [5.41, 5.74) is 2.91. The molecule has 3 heterocycles. The van der Waals surface area contributed by atoms with E-state index < -0.39 is 0 Å². The minimum atomic E-state index is 0.0344. The van der Waals surface area contributed by atoms with Crippen molar-refractivity contribution in [2.75, 3.05) is 6.54 Å². The maximum absolute atomic E-state index is 12.2. The molecule has 0 fully saturated rings. The Morgan fingerprint density at radius 2 is 2.11 bits per heavy atom. The molecule has 0 bridgehead atoms. The van der Waals surface area contributed by atoms with Crippen LogP contribution in [-0.2, 0) is 6.42 Å². The Morgan fingerprint density at radius 3 is 3.05 bits per heavy atom. The van der Waals surface area contributed by atoms with Crippen molar-refractivity contribution >= 4 is 27.6 Å². The average molecular weight is 251 g/mol. The molecule has 3 aromatic rings. The first-order valence-electron chi connectivity index (χ1n) is 6.50. The fourth-order valence-corrected chi connectivity index (χ4v) is 2.89. The number of fused-ring (bicyclic) bond motifs is 5. The van der Waals surface area contributed by atoms with Crippen LogP contribution in [0.5, 0.6) is 0 Å². The van der Waals surface area contributed by atoms with Crippen LogP contribution >= 0.6 is 0 Å². The average Bonchev–Trinajstić information content (AvgIpc) is 2.72. The number of aromatic amines is 1. The molecule has 0 aliphatic carbocycles. The normalized spacial score (nSPS) is 15.3. The smallest absolute Gasteiger partial charge is 0.253 e. The number of carbonyl (C=O) groups is 1. The van der Waals surface area contributed by atoms with E-state index in [0.717, 1.165) is 52.3 Å². The summed E-state index contributed by atoms with van der Waals surface area (Å²) in [4.78, 5) is 19.8. The molecule has 2 N–H and O–H groups in total. The molecule has 0 saturated heterocycles. The largest absolute Gasteiger partial charge is 0.357 e. The summed E-state index contributed by atoms with van der Waals surface area (Å²) in [6.45, 7) is 0.750. The lowest BCUT2D eigenvalue weighted by atomic mass is 10.1. The standard InChI is InChI=1S/C15H13N3O/c19-15-13-11-4-3-9-8-16-7-5-10(9)14(11)18-12(13)2-1-6-17-15/h3-5,7-8,18H,1-2,6H2,(H,17,19). The first kappa shape index (κ1) is 10.6. The molecule has 0 radical (unpaired) electrons. The van der Waals surface area contributed by atoms with Gasteiger partial charge < -0.3 is 10.3 Å². The lowest BCUT2D eigenvalue weighted by molar-refractivity contribution is 0.0957. The number of rotatable bonds is 0. The van der Waals surface area contributed by atoms with Crippen molar-refractivity contribution in [3.63, 3.8) is 0 Å². The molecular formula is C15H13N3O. The number of nitrogens with zero attached hydrogens (tertiary/aromatic N) is 1. The van der Waals surface area contributed by atoms with Gasteiger partial charge in [-0.25, -0.2) is 0 Å². The minimum Gasteiger partial charge on any atom is -0.357 e. The Hall–Kier alpha value is -2.36. The molecule has 1 aliphatic rings. The van der Waals surface area contributed by atoms with Crippen LogP contribution in [0.3, 0.4) is 0 Å². The molecule has 4 nitrogen and oxygen atoms in total. The molecular weight excluding hydrogens is 238 g/mol. The second-order valence-electron chi connectivity index (χ2n) is 4.92. The first-order chi connectivity index (χ1) is 9.34. The van der Waals surface area contributed by atoms with Gasteiger partial charge in [-0.2, -0.15) is 0 Å². The highest BCUT2D eigenvalue weighted by atomic mass is 16.1. The van der Waals surface area contributed by atoms with E-state index in [2.05, 4.69) is 15.3 Å². The van der Waals surface area contributed by atoms with E-state index in [1.807, 2.05) is 24.4 Å². The monoisotopic (exact) mass is 251 g/mol.